The van der Waals surface area contributed by atoms with Crippen LogP contribution in [0.25, 0.3) is 0 Å². The fourth-order valence-corrected chi connectivity index (χ4v) is 2.26. The molecule has 0 aliphatic heterocycles. The Morgan fingerprint density at radius 2 is 2.31 bits per heavy atom. The largest absolute Gasteiger partial charge is 0.316 e. The van der Waals surface area contributed by atoms with E-state index in [4.69, 9.17) is 0 Å². The van der Waals surface area contributed by atoms with Crippen LogP contribution in [0.15, 0.2) is 23.6 Å². The summed E-state index contributed by atoms with van der Waals surface area (Å²) in [5.41, 5.74) is 0. The Labute approximate surface area is 102 Å². The lowest BCUT2D eigenvalue weighted by molar-refractivity contribution is 0.615. The van der Waals surface area contributed by atoms with Gasteiger partial charge in [-0.25, -0.2) is 9.97 Å². The lowest BCUT2D eigenvalue weighted by atomic mass is 10.2. The molecule has 0 saturated carbocycles. The van der Waals surface area contributed by atoms with Gasteiger partial charge in [-0.3, -0.25) is 0 Å². The lowest BCUT2D eigenvalue weighted by Crippen LogP contribution is -2.23. The van der Waals surface area contributed by atoms with E-state index >= 15 is 0 Å². The van der Waals surface area contributed by atoms with Crippen LogP contribution in [0.4, 0.5) is 0 Å². The molecule has 16 heavy (non-hydrogen) atoms. The van der Waals surface area contributed by atoms with Gasteiger partial charge in [0.15, 0.2) is 0 Å². The van der Waals surface area contributed by atoms with Crippen LogP contribution in [0, 0.1) is 0 Å². The average molecular weight is 239 g/mol. The molecule has 1 aromatic heterocycles. The first-order chi connectivity index (χ1) is 7.83. The third-order valence-corrected chi connectivity index (χ3v) is 3.32. The molecule has 1 N–H and O–H groups in total. The first kappa shape index (κ1) is 13.5. The first-order valence-electron chi connectivity index (χ1n) is 5.96. The van der Waals surface area contributed by atoms with E-state index in [0.29, 0.717) is 5.25 Å². The predicted molar refractivity (Wildman–Crippen MR) is 69.7 cm³/mol. The monoisotopic (exact) mass is 239 g/mol. The summed E-state index contributed by atoms with van der Waals surface area (Å²) in [5, 5.41) is 5.08. The Hall–Kier alpha value is -0.610. The molecular weight excluding hydrogens is 218 g/mol. The minimum Gasteiger partial charge on any atom is -0.316 e. The standard InChI is InChI=1S/C12H21N3S/c1-3-4-5-7-13-9-11(2)16-12-6-8-14-10-15-12/h6,8,10-11,13H,3-5,7,9H2,1-2H3. The second-order valence-electron chi connectivity index (χ2n) is 3.89. The van der Waals surface area contributed by atoms with Gasteiger partial charge in [0, 0.05) is 18.0 Å². The van der Waals surface area contributed by atoms with Crippen molar-refractivity contribution in [3.8, 4) is 0 Å². The van der Waals surface area contributed by atoms with Crippen LogP contribution in [-0.2, 0) is 0 Å². The topological polar surface area (TPSA) is 37.8 Å². The molecule has 1 aromatic rings. The van der Waals surface area contributed by atoms with E-state index in [0.717, 1.165) is 18.1 Å². The van der Waals surface area contributed by atoms with Crippen molar-refractivity contribution >= 4 is 11.8 Å². The van der Waals surface area contributed by atoms with Gasteiger partial charge in [-0.2, -0.15) is 0 Å². The zero-order valence-electron chi connectivity index (χ0n) is 10.1. The fourth-order valence-electron chi connectivity index (χ4n) is 1.40. The normalized spacial score (nSPS) is 12.6. The first-order valence-corrected chi connectivity index (χ1v) is 6.84. The molecule has 3 nitrogen and oxygen atoms in total. The Balaban J connectivity index is 2.09. The van der Waals surface area contributed by atoms with Crippen molar-refractivity contribution in [3.05, 3.63) is 18.6 Å². The summed E-state index contributed by atoms with van der Waals surface area (Å²) in [6.45, 7) is 6.62. The SMILES string of the molecule is CCCCCNCC(C)Sc1ccncn1. The number of nitrogens with one attached hydrogen (secondary N) is 1. The Kier molecular flexibility index (Phi) is 7.17. The highest BCUT2D eigenvalue weighted by Crippen LogP contribution is 2.18. The molecule has 1 atom stereocenters. The van der Waals surface area contributed by atoms with E-state index in [9.17, 15) is 0 Å². The Morgan fingerprint density at radius 3 is 3.00 bits per heavy atom. The molecule has 0 fully saturated rings. The van der Waals surface area contributed by atoms with Gasteiger partial charge in [0.1, 0.15) is 6.33 Å². The fraction of sp³-hybridized carbons (Fsp3) is 0.667. The molecule has 90 valence electrons. The van der Waals surface area contributed by atoms with Gasteiger partial charge >= 0.3 is 0 Å². The van der Waals surface area contributed by atoms with E-state index < -0.39 is 0 Å². The number of hydrogen-bond donors (Lipinski definition) is 1. The number of aromatic nitrogens is 2. The zero-order chi connectivity index (χ0) is 11.6. The van der Waals surface area contributed by atoms with Crippen LogP contribution in [0.2, 0.25) is 0 Å². The Bertz CT molecular complexity index is 266. The molecule has 0 spiro atoms. The van der Waals surface area contributed by atoms with Crippen LogP contribution < -0.4 is 5.32 Å². The molecule has 0 aliphatic carbocycles. The van der Waals surface area contributed by atoms with Crippen LogP contribution in [0.1, 0.15) is 33.1 Å². The average Bonchev–Trinajstić information content (AvgIpc) is 2.30. The molecule has 0 aromatic carbocycles. The summed E-state index contributed by atoms with van der Waals surface area (Å²) in [5.74, 6) is 0. The van der Waals surface area contributed by atoms with Crippen LogP contribution in [0.5, 0.6) is 0 Å². The van der Waals surface area contributed by atoms with Crippen LogP contribution in [0.3, 0.4) is 0 Å². The van der Waals surface area contributed by atoms with Gasteiger partial charge in [0.2, 0.25) is 0 Å². The molecule has 1 rings (SSSR count). The summed E-state index contributed by atoms with van der Waals surface area (Å²) in [6.07, 6.45) is 7.27. The third kappa shape index (κ3) is 6.08. The van der Waals surface area contributed by atoms with Crippen molar-refractivity contribution in [2.45, 2.75) is 43.4 Å². The second-order valence-corrected chi connectivity index (χ2v) is 5.35. The van der Waals surface area contributed by atoms with Gasteiger partial charge in [-0.05, 0) is 19.0 Å². The summed E-state index contributed by atoms with van der Waals surface area (Å²) in [6, 6.07) is 1.96. The number of unbranched alkanes of at least 4 members (excludes halogenated alkanes) is 2. The number of thioether (sulfide) groups is 1. The van der Waals surface area contributed by atoms with E-state index in [1.165, 1.54) is 19.3 Å². The van der Waals surface area contributed by atoms with E-state index in [-0.39, 0.29) is 0 Å². The maximum Gasteiger partial charge on any atom is 0.116 e. The molecule has 1 unspecified atom stereocenters. The van der Waals surface area contributed by atoms with Crippen molar-refractivity contribution in [2.75, 3.05) is 13.1 Å². The highest BCUT2D eigenvalue weighted by atomic mass is 32.2. The van der Waals surface area contributed by atoms with Gasteiger partial charge in [0.05, 0.1) is 5.03 Å². The summed E-state index contributed by atoms with van der Waals surface area (Å²) >= 11 is 1.79. The summed E-state index contributed by atoms with van der Waals surface area (Å²) in [7, 11) is 0. The summed E-state index contributed by atoms with van der Waals surface area (Å²) < 4.78 is 0. The van der Waals surface area contributed by atoms with E-state index in [1.54, 1.807) is 24.3 Å². The van der Waals surface area contributed by atoms with E-state index in [1.807, 2.05) is 6.07 Å². The zero-order valence-corrected chi connectivity index (χ0v) is 11.0. The van der Waals surface area contributed by atoms with Crippen molar-refractivity contribution in [3.63, 3.8) is 0 Å². The number of nitrogens with zero attached hydrogens (tertiary/aromatic N) is 2. The summed E-state index contributed by atoms with van der Waals surface area (Å²) in [4.78, 5) is 8.11. The predicted octanol–water partition coefficient (Wildman–Crippen LogP) is 2.74. The second kappa shape index (κ2) is 8.53. The maximum atomic E-state index is 4.20. The van der Waals surface area contributed by atoms with Crippen molar-refractivity contribution < 1.29 is 0 Å². The quantitative estimate of drug-likeness (QED) is 0.430. The third-order valence-electron chi connectivity index (χ3n) is 2.27. The molecule has 0 radical (unpaired) electrons. The molecule has 0 amide bonds. The molecule has 0 saturated heterocycles. The van der Waals surface area contributed by atoms with Crippen molar-refractivity contribution in [2.24, 2.45) is 0 Å². The van der Waals surface area contributed by atoms with Gasteiger partial charge in [-0.1, -0.05) is 26.7 Å². The van der Waals surface area contributed by atoms with Gasteiger partial charge in [-0.15, -0.1) is 11.8 Å². The highest BCUT2D eigenvalue weighted by molar-refractivity contribution is 7.99. The molecule has 4 heteroatoms. The van der Waals surface area contributed by atoms with Crippen LogP contribution in [-0.4, -0.2) is 28.3 Å². The Morgan fingerprint density at radius 1 is 1.44 bits per heavy atom. The number of rotatable bonds is 8. The van der Waals surface area contributed by atoms with Gasteiger partial charge < -0.3 is 5.32 Å². The molecule has 0 aliphatic rings. The number of hydrogen-bond acceptors (Lipinski definition) is 4. The molecular formula is C12H21N3S. The smallest absolute Gasteiger partial charge is 0.116 e. The molecule has 0 bridgehead atoms. The molecule has 1 heterocycles. The van der Waals surface area contributed by atoms with Crippen LogP contribution >= 0.6 is 11.8 Å². The minimum absolute atomic E-state index is 0.552. The lowest BCUT2D eigenvalue weighted by Gasteiger charge is -2.11. The van der Waals surface area contributed by atoms with Crippen molar-refractivity contribution in [1.82, 2.24) is 15.3 Å². The van der Waals surface area contributed by atoms with E-state index in [2.05, 4.69) is 29.1 Å². The maximum absolute atomic E-state index is 4.20. The van der Waals surface area contributed by atoms with Crippen molar-refractivity contribution in [1.29, 1.82) is 0 Å². The highest BCUT2D eigenvalue weighted by Gasteiger charge is 2.04. The minimum atomic E-state index is 0.552. The van der Waals surface area contributed by atoms with Gasteiger partial charge in [0.25, 0.3) is 0 Å².